The second-order valence-corrected chi connectivity index (χ2v) is 4.63. The summed E-state index contributed by atoms with van der Waals surface area (Å²) in [6.07, 6.45) is 4.53. The molecule has 0 saturated heterocycles. The lowest BCUT2D eigenvalue weighted by atomic mass is 9.98. The van der Waals surface area contributed by atoms with Gasteiger partial charge in [-0.25, -0.2) is 4.98 Å². The first-order valence-electron chi connectivity index (χ1n) is 6.43. The van der Waals surface area contributed by atoms with Crippen LogP contribution in [0, 0.1) is 0 Å². The molecule has 3 N–H and O–H groups in total. The molecule has 19 heavy (non-hydrogen) atoms. The number of aromatic amines is 1. The van der Waals surface area contributed by atoms with Crippen LogP contribution in [0.15, 0.2) is 42.7 Å². The molecular formula is C15H16N4. The molecule has 1 unspecified atom stereocenters. The molecule has 1 aromatic carbocycles. The van der Waals surface area contributed by atoms with Gasteiger partial charge in [-0.3, -0.25) is 5.10 Å². The van der Waals surface area contributed by atoms with E-state index in [1.165, 1.54) is 0 Å². The van der Waals surface area contributed by atoms with Gasteiger partial charge in [0, 0.05) is 17.6 Å². The molecule has 0 spiro atoms. The molecule has 3 rings (SSSR count). The van der Waals surface area contributed by atoms with Gasteiger partial charge in [0.2, 0.25) is 0 Å². The van der Waals surface area contributed by atoms with Crippen LogP contribution in [-0.2, 0) is 0 Å². The number of rotatable bonds is 3. The first kappa shape index (κ1) is 11.9. The van der Waals surface area contributed by atoms with Gasteiger partial charge >= 0.3 is 0 Å². The quantitative estimate of drug-likeness (QED) is 0.752. The van der Waals surface area contributed by atoms with Gasteiger partial charge in [-0.1, -0.05) is 25.1 Å². The largest absolute Gasteiger partial charge is 0.324 e. The van der Waals surface area contributed by atoms with Crippen LogP contribution in [-0.4, -0.2) is 15.2 Å². The van der Waals surface area contributed by atoms with Gasteiger partial charge in [-0.2, -0.15) is 5.10 Å². The van der Waals surface area contributed by atoms with E-state index in [9.17, 15) is 0 Å². The molecule has 0 aliphatic carbocycles. The summed E-state index contributed by atoms with van der Waals surface area (Å²) in [7, 11) is 0. The summed E-state index contributed by atoms with van der Waals surface area (Å²) < 4.78 is 0. The zero-order valence-corrected chi connectivity index (χ0v) is 10.8. The maximum Gasteiger partial charge on any atom is 0.155 e. The van der Waals surface area contributed by atoms with Gasteiger partial charge in [0.15, 0.2) is 5.65 Å². The minimum Gasteiger partial charge on any atom is -0.324 e. The van der Waals surface area contributed by atoms with E-state index >= 15 is 0 Å². The Hall–Kier alpha value is -2.20. The lowest BCUT2D eigenvalue weighted by Crippen LogP contribution is -2.08. The summed E-state index contributed by atoms with van der Waals surface area (Å²) in [5.41, 5.74) is 10.3. The molecular weight excluding hydrogens is 236 g/mol. The Morgan fingerprint density at radius 3 is 3.05 bits per heavy atom. The Kier molecular flexibility index (Phi) is 3.01. The zero-order chi connectivity index (χ0) is 13.2. The maximum absolute atomic E-state index is 6.10. The lowest BCUT2D eigenvalue weighted by molar-refractivity contribution is 0.699. The molecule has 0 aliphatic heterocycles. The van der Waals surface area contributed by atoms with Crippen molar-refractivity contribution in [3.63, 3.8) is 0 Å². The predicted molar refractivity (Wildman–Crippen MR) is 76.5 cm³/mol. The SMILES string of the molecule is CCC(N)c1cccc(-c2ccnc3[nH]ncc23)c1. The Labute approximate surface area is 111 Å². The number of hydrogen-bond acceptors (Lipinski definition) is 3. The number of pyridine rings is 1. The summed E-state index contributed by atoms with van der Waals surface area (Å²) in [4.78, 5) is 4.26. The van der Waals surface area contributed by atoms with Crippen molar-refractivity contribution in [2.45, 2.75) is 19.4 Å². The first-order chi connectivity index (χ1) is 9.29. The lowest BCUT2D eigenvalue weighted by Gasteiger charge is -2.11. The van der Waals surface area contributed by atoms with Crippen molar-refractivity contribution >= 4 is 11.0 Å². The molecule has 0 bridgehead atoms. The minimum atomic E-state index is 0.0848. The number of nitrogens with one attached hydrogen (secondary N) is 1. The summed E-state index contributed by atoms with van der Waals surface area (Å²) in [6, 6.07) is 10.5. The summed E-state index contributed by atoms with van der Waals surface area (Å²) in [6.45, 7) is 2.10. The van der Waals surface area contributed by atoms with E-state index in [4.69, 9.17) is 5.73 Å². The minimum absolute atomic E-state index is 0.0848. The predicted octanol–water partition coefficient (Wildman–Crippen LogP) is 3.03. The third-order valence-corrected chi connectivity index (χ3v) is 3.42. The van der Waals surface area contributed by atoms with Crippen LogP contribution in [0.5, 0.6) is 0 Å². The van der Waals surface area contributed by atoms with E-state index in [0.29, 0.717) is 0 Å². The summed E-state index contributed by atoms with van der Waals surface area (Å²) in [5, 5.41) is 7.97. The van der Waals surface area contributed by atoms with E-state index in [-0.39, 0.29) is 6.04 Å². The summed E-state index contributed by atoms with van der Waals surface area (Å²) in [5.74, 6) is 0. The number of hydrogen-bond donors (Lipinski definition) is 2. The van der Waals surface area contributed by atoms with Gasteiger partial charge < -0.3 is 5.73 Å². The van der Waals surface area contributed by atoms with Crippen LogP contribution in [0.25, 0.3) is 22.2 Å². The zero-order valence-electron chi connectivity index (χ0n) is 10.8. The molecule has 3 aromatic rings. The van der Waals surface area contributed by atoms with Crippen molar-refractivity contribution in [2.75, 3.05) is 0 Å². The second-order valence-electron chi connectivity index (χ2n) is 4.63. The van der Waals surface area contributed by atoms with Gasteiger partial charge in [0.05, 0.1) is 6.20 Å². The molecule has 4 nitrogen and oxygen atoms in total. The third-order valence-electron chi connectivity index (χ3n) is 3.42. The van der Waals surface area contributed by atoms with Crippen molar-refractivity contribution < 1.29 is 0 Å². The Morgan fingerprint density at radius 2 is 2.21 bits per heavy atom. The number of fused-ring (bicyclic) bond motifs is 1. The van der Waals surface area contributed by atoms with E-state index in [1.807, 2.05) is 18.3 Å². The fraction of sp³-hybridized carbons (Fsp3) is 0.200. The van der Waals surface area contributed by atoms with Crippen LogP contribution in [0.4, 0.5) is 0 Å². The van der Waals surface area contributed by atoms with Crippen molar-refractivity contribution in [1.29, 1.82) is 0 Å². The van der Waals surface area contributed by atoms with Crippen LogP contribution >= 0.6 is 0 Å². The van der Waals surface area contributed by atoms with E-state index in [2.05, 4.69) is 40.3 Å². The van der Waals surface area contributed by atoms with Gasteiger partial charge in [-0.15, -0.1) is 0 Å². The van der Waals surface area contributed by atoms with Gasteiger partial charge in [-0.05, 0) is 35.2 Å². The van der Waals surface area contributed by atoms with E-state index < -0.39 is 0 Å². The number of nitrogens with two attached hydrogens (primary N) is 1. The highest BCUT2D eigenvalue weighted by Gasteiger charge is 2.08. The van der Waals surface area contributed by atoms with Crippen LogP contribution in [0.1, 0.15) is 24.9 Å². The van der Waals surface area contributed by atoms with E-state index in [0.717, 1.165) is 34.1 Å². The maximum atomic E-state index is 6.10. The van der Waals surface area contributed by atoms with Gasteiger partial charge in [0.1, 0.15) is 0 Å². The molecule has 96 valence electrons. The van der Waals surface area contributed by atoms with Crippen molar-refractivity contribution in [3.05, 3.63) is 48.3 Å². The fourth-order valence-electron chi connectivity index (χ4n) is 2.28. The van der Waals surface area contributed by atoms with E-state index in [1.54, 1.807) is 6.20 Å². The molecule has 4 heteroatoms. The monoisotopic (exact) mass is 252 g/mol. The Bertz CT molecular complexity index is 702. The van der Waals surface area contributed by atoms with Crippen molar-refractivity contribution in [3.8, 4) is 11.1 Å². The molecule has 2 aromatic heterocycles. The molecule has 1 atom stereocenters. The topological polar surface area (TPSA) is 67.6 Å². The average molecular weight is 252 g/mol. The normalized spacial score (nSPS) is 12.7. The summed E-state index contributed by atoms with van der Waals surface area (Å²) >= 11 is 0. The molecule has 0 amide bonds. The highest BCUT2D eigenvalue weighted by atomic mass is 15.1. The first-order valence-corrected chi connectivity index (χ1v) is 6.43. The highest BCUT2D eigenvalue weighted by molar-refractivity contribution is 5.92. The molecule has 0 aliphatic rings. The fourth-order valence-corrected chi connectivity index (χ4v) is 2.28. The van der Waals surface area contributed by atoms with Crippen LogP contribution in [0.3, 0.4) is 0 Å². The second kappa shape index (κ2) is 4.82. The standard InChI is InChI=1S/C15H16N4/c1-2-14(16)11-5-3-4-10(8-11)12-6-7-17-15-13(12)9-18-19-15/h3-9,14H,2,16H2,1H3,(H,17,18,19). The number of aromatic nitrogens is 3. The smallest absolute Gasteiger partial charge is 0.155 e. The number of H-pyrrole nitrogens is 1. The third kappa shape index (κ3) is 2.11. The number of benzene rings is 1. The molecule has 0 radical (unpaired) electrons. The Balaban J connectivity index is 2.14. The molecule has 0 saturated carbocycles. The highest BCUT2D eigenvalue weighted by Crippen LogP contribution is 2.28. The average Bonchev–Trinajstić information content (AvgIpc) is 2.94. The van der Waals surface area contributed by atoms with Crippen LogP contribution in [0.2, 0.25) is 0 Å². The van der Waals surface area contributed by atoms with Crippen molar-refractivity contribution in [2.24, 2.45) is 5.73 Å². The number of nitrogens with zero attached hydrogens (tertiary/aromatic N) is 2. The van der Waals surface area contributed by atoms with Crippen LogP contribution < -0.4 is 5.73 Å². The molecule has 2 heterocycles. The van der Waals surface area contributed by atoms with Gasteiger partial charge in [0.25, 0.3) is 0 Å². The van der Waals surface area contributed by atoms with Crippen molar-refractivity contribution in [1.82, 2.24) is 15.2 Å². The molecule has 0 fully saturated rings. The Morgan fingerprint density at radius 1 is 1.32 bits per heavy atom.